The first-order chi connectivity index (χ1) is 13.5. The summed E-state index contributed by atoms with van der Waals surface area (Å²) in [6, 6.07) is 6.80. The molecule has 0 radical (unpaired) electrons. The molecule has 6 rings (SSSR count). The molecule has 1 aromatic carbocycles. The van der Waals surface area contributed by atoms with Crippen molar-refractivity contribution in [1.29, 1.82) is 0 Å². The van der Waals surface area contributed by atoms with Gasteiger partial charge in [0.15, 0.2) is 6.29 Å². The van der Waals surface area contributed by atoms with E-state index in [1.54, 1.807) is 0 Å². The lowest BCUT2D eigenvalue weighted by Gasteiger charge is -2.57. The van der Waals surface area contributed by atoms with Crippen molar-refractivity contribution in [2.75, 3.05) is 6.61 Å². The summed E-state index contributed by atoms with van der Waals surface area (Å²) < 4.78 is 12.8. The van der Waals surface area contributed by atoms with E-state index < -0.39 is 0 Å². The van der Waals surface area contributed by atoms with Gasteiger partial charge >= 0.3 is 0 Å². The zero-order chi connectivity index (χ0) is 19.3. The Morgan fingerprint density at radius 2 is 1.71 bits per heavy atom. The first kappa shape index (κ1) is 19.0. The molecule has 0 N–H and O–H groups in total. The Balaban J connectivity index is 1.32. The Morgan fingerprint density at radius 1 is 1.04 bits per heavy atom. The van der Waals surface area contributed by atoms with Crippen LogP contribution in [0.3, 0.4) is 0 Å². The van der Waals surface area contributed by atoms with E-state index in [1.165, 1.54) is 56.1 Å². The van der Waals surface area contributed by atoms with Gasteiger partial charge in [0.2, 0.25) is 0 Å². The van der Waals surface area contributed by atoms with Gasteiger partial charge in [0.05, 0.1) is 6.61 Å². The Bertz CT molecular complexity index is 673. The predicted molar refractivity (Wildman–Crippen MR) is 114 cm³/mol. The number of hydrogen-bond donors (Lipinski definition) is 0. The Hall–Kier alpha value is -1.02. The fourth-order valence-corrected chi connectivity index (χ4v) is 7.54. The topological polar surface area (TPSA) is 18.5 Å². The van der Waals surface area contributed by atoms with Gasteiger partial charge in [-0.05, 0) is 110 Å². The van der Waals surface area contributed by atoms with Crippen LogP contribution in [0.25, 0.3) is 0 Å². The second-order valence-corrected chi connectivity index (χ2v) is 10.9. The van der Waals surface area contributed by atoms with Crippen molar-refractivity contribution in [1.82, 2.24) is 0 Å². The molecular weight excluding hydrogens is 344 g/mol. The van der Waals surface area contributed by atoms with Gasteiger partial charge in [-0.25, -0.2) is 0 Å². The maximum Gasteiger partial charge on any atom is 0.200 e. The van der Waals surface area contributed by atoms with Crippen molar-refractivity contribution in [3.63, 3.8) is 0 Å². The molecule has 2 nitrogen and oxygen atoms in total. The van der Waals surface area contributed by atoms with E-state index in [2.05, 4.69) is 39.0 Å². The zero-order valence-corrected chi connectivity index (χ0v) is 18.1. The van der Waals surface area contributed by atoms with Crippen LogP contribution in [0.15, 0.2) is 18.2 Å². The Kier molecular flexibility index (Phi) is 4.98. The monoisotopic (exact) mass is 382 g/mol. The van der Waals surface area contributed by atoms with Crippen molar-refractivity contribution >= 4 is 0 Å². The van der Waals surface area contributed by atoms with E-state index >= 15 is 0 Å². The zero-order valence-electron chi connectivity index (χ0n) is 18.1. The van der Waals surface area contributed by atoms with E-state index in [-0.39, 0.29) is 6.29 Å². The Labute approximate surface area is 171 Å². The molecule has 154 valence electrons. The summed E-state index contributed by atoms with van der Waals surface area (Å²) in [5.41, 5.74) is 3.50. The third-order valence-electron chi connectivity index (χ3n) is 8.54. The minimum Gasteiger partial charge on any atom is -0.465 e. The maximum absolute atomic E-state index is 6.53. The van der Waals surface area contributed by atoms with Gasteiger partial charge in [-0.3, -0.25) is 0 Å². The standard InChI is InChI=1S/C26H38O2/c1-4-7-27-25(16-26-13-19-9-20(14-26)11-21(10-19)15-26)28-23-5-6-24-18(3)17(2)8-22(24)12-23/h5-6,12,17-21,25H,4,7-11,13-16H2,1-3H3. The van der Waals surface area contributed by atoms with Crippen molar-refractivity contribution in [3.05, 3.63) is 29.3 Å². The molecule has 0 aromatic heterocycles. The van der Waals surface area contributed by atoms with Crippen LogP contribution in [-0.4, -0.2) is 12.9 Å². The first-order valence-corrected chi connectivity index (χ1v) is 11.9. The first-order valence-electron chi connectivity index (χ1n) is 11.9. The lowest BCUT2D eigenvalue weighted by atomic mass is 9.49. The third kappa shape index (κ3) is 3.51. The number of ether oxygens (including phenoxy) is 2. The smallest absolute Gasteiger partial charge is 0.200 e. The van der Waals surface area contributed by atoms with Gasteiger partial charge in [0, 0.05) is 6.42 Å². The number of hydrogen-bond acceptors (Lipinski definition) is 2. The number of fused-ring (bicyclic) bond motifs is 1. The van der Waals surface area contributed by atoms with Crippen molar-refractivity contribution in [2.24, 2.45) is 29.1 Å². The van der Waals surface area contributed by atoms with Crippen LogP contribution in [0.4, 0.5) is 0 Å². The predicted octanol–water partition coefficient (Wildman–Crippen LogP) is 6.72. The SMILES string of the molecule is CCCOC(CC12CC3CC(CC(C3)C1)C2)Oc1ccc2c(c1)CC(C)C2C. The molecule has 3 unspecified atom stereocenters. The van der Waals surface area contributed by atoms with Gasteiger partial charge < -0.3 is 9.47 Å². The van der Waals surface area contributed by atoms with E-state index in [0.717, 1.165) is 48.9 Å². The average molecular weight is 383 g/mol. The third-order valence-corrected chi connectivity index (χ3v) is 8.54. The van der Waals surface area contributed by atoms with Crippen molar-refractivity contribution in [3.8, 4) is 5.75 Å². The van der Waals surface area contributed by atoms with Crippen LogP contribution >= 0.6 is 0 Å². The minimum absolute atomic E-state index is 0.0782. The summed E-state index contributed by atoms with van der Waals surface area (Å²) in [7, 11) is 0. The van der Waals surface area contributed by atoms with E-state index in [9.17, 15) is 0 Å². The molecule has 0 aliphatic heterocycles. The van der Waals surface area contributed by atoms with Crippen LogP contribution in [0, 0.1) is 29.1 Å². The van der Waals surface area contributed by atoms with Crippen LogP contribution in [-0.2, 0) is 11.2 Å². The van der Waals surface area contributed by atoms with Crippen molar-refractivity contribution in [2.45, 2.75) is 90.8 Å². The van der Waals surface area contributed by atoms with Gasteiger partial charge in [-0.2, -0.15) is 0 Å². The molecule has 0 amide bonds. The lowest BCUT2D eigenvalue weighted by molar-refractivity contribution is -0.142. The average Bonchev–Trinajstić information content (AvgIpc) is 2.92. The van der Waals surface area contributed by atoms with Crippen LogP contribution < -0.4 is 4.74 Å². The van der Waals surface area contributed by atoms with Crippen LogP contribution in [0.2, 0.25) is 0 Å². The molecule has 4 saturated carbocycles. The highest BCUT2D eigenvalue weighted by Crippen LogP contribution is 2.61. The number of rotatable bonds is 7. The molecule has 0 heterocycles. The molecule has 2 heteroatoms. The molecule has 5 aliphatic rings. The normalized spacial score (nSPS) is 39.2. The molecule has 3 atom stereocenters. The Morgan fingerprint density at radius 3 is 2.36 bits per heavy atom. The second kappa shape index (κ2) is 7.35. The fourth-order valence-electron chi connectivity index (χ4n) is 7.54. The molecule has 4 fully saturated rings. The molecule has 0 spiro atoms. The summed E-state index contributed by atoms with van der Waals surface area (Å²) in [5, 5.41) is 0. The summed E-state index contributed by atoms with van der Waals surface area (Å²) in [5.74, 6) is 5.39. The summed E-state index contributed by atoms with van der Waals surface area (Å²) in [4.78, 5) is 0. The second-order valence-electron chi connectivity index (χ2n) is 10.9. The van der Waals surface area contributed by atoms with Gasteiger partial charge in [-0.1, -0.05) is 26.8 Å². The van der Waals surface area contributed by atoms with Gasteiger partial charge in [0.25, 0.3) is 0 Å². The largest absolute Gasteiger partial charge is 0.465 e. The van der Waals surface area contributed by atoms with Gasteiger partial charge in [-0.15, -0.1) is 0 Å². The maximum atomic E-state index is 6.53. The van der Waals surface area contributed by atoms with Crippen molar-refractivity contribution < 1.29 is 9.47 Å². The van der Waals surface area contributed by atoms with E-state index in [1.807, 2.05) is 0 Å². The highest BCUT2D eigenvalue weighted by atomic mass is 16.7. The summed E-state index contributed by atoms with van der Waals surface area (Å²) >= 11 is 0. The molecule has 0 saturated heterocycles. The molecular formula is C26H38O2. The highest BCUT2D eigenvalue weighted by Gasteiger charge is 2.51. The number of benzene rings is 1. The summed E-state index contributed by atoms with van der Waals surface area (Å²) in [6.07, 6.45) is 12.0. The van der Waals surface area contributed by atoms with Gasteiger partial charge in [0.1, 0.15) is 5.75 Å². The molecule has 5 aliphatic carbocycles. The van der Waals surface area contributed by atoms with Crippen LogP contribution in [0.5, 0.6) is 5.75 Å². The molecule has 1 aromatic rings. The van der Waals surface area contributed by atoms with E-state index in [4.69, 9.17) is 9.47 Å². The quantitative estimate of drug-likeness (QED) is 0.487. The van der Waals surface area contributed by atoms with Crippen LogP contribution in [0.1, 0.15) is 89.2 Å². The van der Waals surface area contributed by atoms with E-state index in [0.29, 0.717) is 11.3 Å². The lowest BCUT2D eigenvalue weighted by Crippen LogP contribution is -2.48. The molecule has 28 heavy (non-hydrogen) atoms. The minimum atomic E-state index is -0.0782. The summed E-state index contributed by atoms with van der Waals surface area (Å²) in [6.45, 7) is 7.72. The molecule has 4 bridgehead atoms. The fraction of sp³-hybridized carbons (Fsp3) is 0.769. The highest BCUT2D eigenvalue weighted by molar-refractivity contribution is 5.41.